The molecule has 0 bridgehead atoms. The predicted octanol–water partition coefficient (Wildman–Crippen LogP) is 3.03. The number of thiophene rings is 1. The molecule has 2 nitrogen and oxygen atoms in total. The van der Waals surface area contributed by atoms with E-state index in [9.17, 15) is 0 Å². The van der Waals surface area contributed by atoms with Crippen LogP contribution in [-0.4, -0.2) is 6.54 Å². The maximum absolute atomic E-state index is 6.13. The topological polar surface area (TPSA) is 38.0 Å². The SMILES string of the molecule is NCC1(NCc2cccs2)CCCc2ccccc21. The van der Waals surface area contributed by atoms with Gasteiger partial charge in [0.05, 0.1) is 5.54 Å². The van der Waals surface area contributed by atoms with E-state index in [0.29, 0.717) is 6.54 Å². The zero-order valence-corrected chi connectivity index (χ0v) is 11.9. The van der Waals surface area contributed by atoms with Crippen LogP contribution in [0.15, 0.2) is 41.8 Å². The minimum Gasteiger partial charge on any atom is -0.328 e. The lowest BCUT2D eigenvalue weighted by molar-refractivity contribution is 0.291. The van der Waals surface area contributed by atoms with Crippen LogP contribution >= 0.6 is 11.3 Å². The molecule has 1 aromatic carbocycles. The number of benzene rings is 1. The van der Waals surface area contributed by atoms with Crippen LogP contribution in [0, 0.1) is 0 Å². The van der Waals surface area contributed by atoms with Crippen LogP contribution in [0.1, 0.15) is 28.8 Å². The summed E-state index contributed by atoms with van der Waals surface area (Å²) in [4.78, 5) is 1.37. The van der Waals surface area contributed by atoms with Crippen molar-refractivity contribution in [2.75, 3.05) is 6.54 Å². The summed E-state index contributed by atoms with van der Waals surface area (Å²) in [6.07, 6.45) is 3.52. The van der Waals surface area contributed by atoms with E-state index >= 15 is 0 Å². The molecule has 1 atom stereocenters. The van der Waals surface area contributed by atoms with Crippen LogP contribution in [-0.2, 0) is 18.5 Å². The highest BCUT2D eigenvalue weighted by molar-refractivity contribution is 7.09. The summed E-state index contributed by atoms with van der Waals surface area (Å²) in [5.41, 5.74) is 8.95. The molecule has 19 heavy (non-hydrogen) atoms. The van der Waals surface area contributed by atoms with Gasteiger partial charge in [-0.25, -0.2) is 0 Å². The van der Waals surface area contributed by atoms with E-state index in [4.69, 9.17) is 5.73 Å². The van der Waals surface area contributed by atoms with Crippen molar-refractivity contribution < 1.29 is 0 Å². The Bertz CT molecular complexity index is 535. The van der Waals surface area contributed by atoms with Crippen LogP contribution < -0.4 is 11.1 Å². The van der Waals surface area contributed by atoms with Crippen LogP contribution in [0.4, 0.5) is 0 Å². The summed E-state index contributed by atoms with van der Waals surface area (Å²) in [7, 11) is 0. The molecular formula is C16H20N2S. The van der Waals surface area contributed by atoms with Gasteiger partial charge in [0.1, 0.15) is 0 Å². The number of nitrogens with two attached hydrogens (primary N) is 1. The molecule has 0 radical (unpaired) electrons. The molecule has 100 valence electrons. The number of rotatable bonds is 4. The molecule has 0 amide bonds. The molecular weight excluding hydrogens is 252 g/mol. The largest absolute Gasteiger partial charge is 0.328 e. The minimum absolute atomic E-state index is 0.0428. The predicted molar refractivity (Wildman–Crippen MR) is 81.3 cm³/mol. The van der Waals surface area contributed by atoms with Gasteiger partial charge in [-0.2, -0.15) is 0 Å². The molecule has 0 saturated heterocycles. The number of aryl methyl sites for hydroxylation is 1. The van der Waals surface area contributed by atoms with Crippen LogP contribution in [0.2, 0.25) is 0 Å². The van der Waals surface area contributed by atoms with Gasteiger partial charge < -0.3 is 11.1 Å². The highest BCUT2D eigenvalue weighted by Gasteiger charge is 2.34. The molecule has 1 heterocycles. The third kappa shape index (κ3) is 2.46. The molecule has 1 unspecified atom stereocenters. The maximum atomic E-state index is 6.13. The van der Waals surface area contributed by atoms with Crippen molar-refractivity contribution in [2.24, 2.45) is 5.73 Å². The quantitative estimate of drug-likeness (QED) is 0.898. The Balaban J connectivity index is 1.87. The van der Waals surface area contributed by atoms with Crippen molar-refractivity contribution in [3.63, 3.8) is 0 Å². The molecule has 0 fully saturated rings. The van der Waals surface area contributed by atoms with Gasteiger partial charge in [0, 0.05) is 18.0 Å². The molecule has 3 rings (SSSR count). The third-order valence-corrected chi connectivity index (χ3v) is 4.99. The highest BCUT2D eigenvalue weighted by Crippen LogP contribution is 2.35. The van der Waals surface area contributed by atoms with E-state index in [1.54, 1.807) is 11.3 Å². The van der Waals surface area contributed by atoms with Gasteiger partial charge in [-0.15, -0.1) is 11.3 Å². The fourth-order valence-electron chi connectivity index (χ4n) is 3.06. The van der Waals surface area contributed by atoms with E-state index in [0.717, 1.165) is 13.0 Å². The Morgan fingerprint density at radius 3 is 2.89 bits per heavy atom. The van der Waals surface area contributed by atoms with E-state index < -0.39 is 0 Å². The summed E-state index contributed by atoms with van der Waals surface area (Å²) < 4.78 is 0. The number of fused-ring (bicyclic) bond motifs is 1. The first-order valence-corrected chi connectivity index (χ1v) is 7.78. The molecule has 1 aromatic heterocycles. The van der Waals surface area contributed by atoms with Crippen LogP contribution in [0.25, 0.3) is 0 Å². The first-order chi connectivity index (χ1) is 9.34. The summed E-state index contributed by atoms with van der Waals surface area (Å²) in [5.74, 6) is 0. The molecule has 0 spiro atoms. The molecule has 2 aromatic rings. The van der Waals surface area contributed by atoms with E-state index in [-0.39, 0.29) is 5.54 Å². The lowest BCUT2D eigenvalue weighted by atomic mass is 9.76. The summed E-state index contributed by atoms with van der Waals surface area (Å²) in [5, 5.41) is 5.85. The molecule has 0 aliphatic heterocycles. The van der Waals surface area contributed by atoms with Crippen LogP contribution in [0.3, 0.4) is 0 Å². The Kier molecular flexibility index (Phi) is 3.69. The Morgan fingerprint density at radius 2 is 2.11 bits per heavy atom. The second kappa shape index (κ2) is 5.45. The van der Waals surface area contributed by atoms with Crippen LogP contribution in [0.5, 0.6) is 0 Å². The van der Waals surface area contributed by atoms with Gasteiger partial charge in [-0.3, -0.25) is 0 Å². The molecule has 3 N–H and O–H groups in total. The zero-order valence-electron chi connectivity index (χ0n) is 11.1. The van der Waals surface area contributed by atoms with Gasteiger partial charge in [-0.1, -0.05) is 30.3 Å². The molecule has 3 heteroatoms. The monoisotopic (exact) mass is 272 g/mol. The summed E-state index contributed by atoms with van der Waals surface area (Å²) >= 11 is 1.80. The Hall–Kier alpha value is -1.16. The second-order valence-electron chi connectivity index (χ2n) is 5.23. The molecule has 1 aliphatic carbocycles. The van der Waals surface area contributed by atoms with Gasteiger partial charge in [0.2, 0.25) is 0 Å². The van der Waals surface area contributed by atoms with Crippen molar-refractivity contribution in [3.8, 4) is 0 Å². The molecule has 0 saturated carbocycles. The average Bonchev–Trinajstić information content (AvgIpc) is 2.98. The standard InChI is InChI=1S/C16H20N2S/c17-12-16(18-11-14-7-4-10-19-14)9-3-6-13-5-1-2-8-15(13)16/h1-2,4-5,7-8,10,18H,3,6,9,11-12,17H2. The minimum atomic E-state index is -0.0428. The summed E-state index contributed by atoms with van der Waals surface area (Å²) in [6, 6.07) is 13.0. The third-order valence-electron chi connectivity index (χ3n) is 4.11. The lowest BCUT2D eigenvalue weighted by Gasteiger charge is -2.39. The first-order valence-electron chi connectivity index (χ1n) is 6.90. The lowest BCUT2D eigenvalue weighted by Crippen LogP contribution is -2.50. The van der Waals surface area contributed by atoms with Crippen molar-refractivity contribution in [1.29, 1.82) is 0 Å². The smallest absolute Gasteiger partial charge is 0.0564 e. The fraction of sp³-hybridized carbons (Fsp3) is 0.375. The van der Waals surface area contributed by atoms with E-state index in [1.165, 1.54) is 28.8 Å². The van der Waals surface area contributed by atoms with Crippen molar-refractivity contribution in [3.05, 3.63) is 57.8 Å². The first kappa shape index (κ1) is 12.9. The van der Waals surface area contributed by atoms with Gasteiger partial charge in [0.25, 0.3) is 0 Å². The van der Waals surface area contributed by atoms with Crippen molar-refractivity contribution in [1.82, 2.24) is 5.32 Å². The zero-order chi connectivity index (χ0) is 13.1. The Labute approximate surface area is 118 Å². The van der Waals surface area contributed by atoms with E-state index in [1.807, 2.05) is 0 Å². The average molecular weight is 272 g/mol. The van der Waals surface area contributed by atoms with Crippen molar-refractivity contribution in [2.45, 2.75) is 31.3 Å². The maximum Gasteiger partial charge on any atom is 0.0564 e. The highest BCUT2D eigenvalue weighted by atomic mass is 32.1. The van der Waals surface area contributed by atoms with E-state index in [2.05, 4.69) is 47.1 Å². The van der Waals surface area contributed by atoms with Gasteiger partial charge >= 0.3 is 0 Å². The summed E-state index contributed by atoms with van der Waals surface area (Å²) in [6.45, 7) is 1.57. The normalized spacial score (nSPS) is 22.2. The van der Waals surface area contributed by atoms with Gasteiger partial charge in [-0.05, 0) is 41.8 Å². The number of nitrogens with one attached hydrogen (secondary N) is 1. The molecule has 1 aliphatic rings. The Morgan fingerprint density at radius 1 is 1.21 bits per heavy atom. The fourth-order valence-corrected chi connectivity index (χ4v) is 3.70. The second-order valence-corrected chi connectivity index (χ2v) is 6.26. The number of hydrogen-bond acceptors (Lipinski definition) is 3. The number of hydrogen-bond donors (Lipinski definition) is 2. The van der Waals surface area contributed by atoms with Crippen molar-refractivity contribution >= 4 is 11.3 Å². The van der Waals surface area contributed by atoms with Gasteiger partial charge in [0.15, 0.2) is 0 Å².